The molecule has 1 saturated heterocycles. The Bertz CT molecular complexity index is 958. The van der Waals surface area contributed by atoms with Gasteiger partial charge in [-0.2, -0.15) is 0 Å². The molecule has 154 valence electrons. The van der Waals surface area contributed by atoms with Crippen molar-refractivity contribution in [2.45, 2.75) is 52.6 Å². The van der Waals surface area contributed by atoms with E-state index in [1.807, 2.05) is 24.3 Å². The lowest BCUT2D eigenvalue weighted by atomic mass is 9.91. The number of aryl methyl sites for hydroxylation is 2. The number of piperidine rings is 1. The molecule has 29 heavy (non-hydrogen) atoms. The van der Waals surface area contributed by atoms with Crippen LogP contribution in [0.5, 0.6) is 5.75 Å². The molecule has 0 bridgehead atoms. The minimum absolute atomic E-state index is 0.415. The highest BCUT2D eigenvalue weighted by Gasteiger charge is 2.15. The van der Waals surface area contributed by atoms with E-state index in [1.165, 1.54) is 55.5 Å². The number of halogens is 1. The summed E-state index contributed by atoms with van der Waals surface area (Å²) in [6.07, 6.45) is 6.39. The van der Waals surface area contributed by atoms with Gasteiger partial charge in [-0.1, -0.05) is 11.6 Å². The summed E-state index contributed by atoms with van der Waals surface area (Å²) in [6.45, 7) is 7.20. The summed E-state index contributed by atoms with van der Waals surface area (Å²) in [5.41, 5.74) is 6.24. The molecule has 0 saturated carbocycles. The number of aromatic amines is 1. The fraction of sp³-hybridized carbons (Fsp3) is 0.458. The van der Waals surface area contributed by atoms with E-state index in [4.69, 9.17) is 21.3 Å². The average molecular weight is 412 g/mol. The van der Waals surface area contributed by atoms with Gasteiger partial charge in [0, 0.05) is 5.02 Å². The molecule has 4 nitrogen and oxygen atoms in total. The van der Waals surface area contributed by atoms with Crippen LogP contribution in [-0.4, -0.2) is 23.1 Å². The normalized spacial score (nSPS) is 17.0. The predicted molar refractivity (Wildman–Crippen MR) is 120 cm³/mol. The molecule has 5 heteroatoms. The Morgan fingerprint density at radius 2 is 2.00 bits per heavy atom. The minimum atomic E-state index is 0.415. The Balaban J connectivity index is 1.43. The third kappa shape index (κ3) is 4.93. The molecule has 2 N–H and O–H groups in total. The maximum atomic E-state index is 5.93. The Morgan fingerprint density at radius 3 is 2.76 bits per heavy atom. The molecule has 1 unspecified atom stereocenters. The van der Waals surface area contributed by atoms with Crippen LogP contribution in [0.1, 0.15) is 48.2 Å². The molecule has 1 fully saturated rings. The SMILES string of the molecule is Cc1c(CCCC2CCCNC2)cc2[nH]c(COc3ccc(Cl)cc3)nc2c1C. The van der Waals surface area contributed by atoms with Gasteiger partial charge in [-0.25, -0.2) is 4.98 Å². The Morgan fingerprint density at radius 1 is 1.17 bits per heavy atom. The average Bonchev–Trinajstić information content (AvgIpc) is 3.15. The van der Waals surface area contributed by atoms with Crippen molar-refractivity contribution in [1.82, 2.24) is 15.3 Å². The second-order valence-electron chi connectivity index (χ2n) is 8.21. The maximum Gasteiger partial charge on any atom is 0.146 e. The summed E-state index contributed by atoms with van der Waals surface area (Å²) in [7, 11) is 0. The highest BCUT2D eigenvalue weighted by atomic mass is 35.5. The number of hydrogen-bond donors (Lipinski definition) is 2. The van der Waals surface area contributed by atoms with Gasteiger partial charge in [-0.15, -0.1) is 0 Å². The van der Waals surface area contributed by atoms with E-state index in [2.05, 4.69) is 30.2 Å². The van der Waals surface area contributed by atoms with Crippen molar-refractivity contribution in [3.05, 3.63) is 57.9 Å². The van der Waals surface area contributed by atoms with Crippen molar-refractivity contribution in [2.24, 2.45) is 5.92 Å². The van der Waals surface area contributed by atoms with E-state index >= 15 is 0 Å². The van der Waals surface area contributed by atoms with Crippen LogP contribution in [-0.2, 0) is 13.0 Å². The number of H-pyrrole nitrogens is 1. The van der Waals surface area contributed by atoms with Crippen LogP contribution in [0.3, 0.4) is 0 Å². The van der Waals surface area contributed by atoms with Gasteiger partial charge in [-0.3, -0.25) is 0 Å². The lowest BCUT2D eigenvalue weighted by Crippen LogP contribution is -2.29. The number of imidazole rings is 1. The van der Waals surface area contributed by atoms with Gasteiger partial charge in [0.05, 0.1) is 11.0 Å². The predicted octanol–water partition coefficient (Wildman–Crippen LogP) is 5.73. The van der Waals surface area contributed by atoms with Gasteiger partial charge in [-0.05, 0) is 112 Å². The summed E-state index contributed by atoms with van der Waals surface area (Å²) in [5, 5.41) is 4.23. The molecular weight excluding hydrogens is 382 g/mol. The van der Waals surface area contributed by atoms with Gasteiger partial charge in [0.2, 0.25) is 0 Å². The molecule has 1 atom stereocenters. The molecule has 2 aromatic carbocycles. The number of hydrogen-bond acceptors (Lipinski definition) is 3. The molecule has 1 aliphatic heterocycles. The topological polar surface area (TPSA) is 49.9 Å². The summed E-state index contributed by atoms with van der Waals surface area (Å²) in [6, 6.07) is 9.70. The second kappa shape index (κ2) is 9.19. The first-order valence-electron chi connectivity index (χ1n) is 10.7. The van der Waals surface area contributed by atoms with Gasteiger partial charge >= 0.3 is 0 Å². The zero-order valence-electron chi connectivity index (χ0n) is 17.4. The molecule has 4 rings (SSSR count). The molecule has 2 heterocycles. The molecular formula is C24H30ClN3O. The van der Waals surface area contributed by atoms with Crippen LogP contribution < -0.4 is 10.1 Å². The number of fused-ring (bicyclic) bond motifs is 1. The van der Waals surface area contributed by atoms with Crippen LogP contribution in [0.2, 0.25) is 5.02 Å². The number of benzene rings is 2. The van der Waals surface area contributed by atoms with Crippen molar-refractivity contribution in [3.63, 3.8) is 0 Å². The van der Waals surface area contributed by atoms with Crippen molar-refractivity contribution in [3.8, 4) is 5.75 Å². The van der Waals surface area contributed by atoms with E-state index in [1.54, 1.807) is 0 Å². The van der Waals surface area contributed by atoms with E-state index in [-0.39, 0.29) is 0 Å². The highest BCUT2D eigenvalue weighted by Crippen LogP contribution is 2.26. The molecule has 0 aliphatic carbocycles. The summed E-state index contributed by atoms with van der Waals surface area (Å²) < 4.78 is 5.85. The molecule has 0 spiro atoms. The summed E-state index contributed by atoms with van der Waals surface area (Å²) >= 11 is 5.93. The van der Waals surface area contributed by atoms with Gasteiger partial charge < -0.3 is 15.0 Å². The van der Waals surface area contributed by atoms with Crippen molar-refractivity contribution in [2.75, 3.05) is 13.1 Å². The fourth-order valence-electron chi connectivity index (χ4n) is 4.29. The first-order chi connectivity index (χ1) is 14.1. The number of nitrogens with one attached hydrogen (secondary N) is 2. The van der Waals surface area contributed by atoms with E-state index < -0.39 is 0 Å². The van der Waals surface area contributed by atoms with E-state index in [0.29, 0.717) is 11.6 Å². The largest absolute Gasteiger partial charge is 0.486 e. The fourth-order valence-corrected chi connectivity index (χ4v) is 4.42. The third-order valence-corrected chi connectivity index (χ3v) is 6.40. The maximum absolute atomic E-state index is 5.93. The monoisotopic (exact) mass is 411 g/mol. The standard InChI is InChI=1S/C24H30ClN3O/c1-16-17(2)24-22(13-19(16)7-3-5-18-6-4-12-26-14-18)27-23(28-24)15-29-21-10-8-20(25)9-11-21/h8-11,13,18,26H,3-7,12,14-15H2,1-2H3,(H,27,28). The van der Waals surface area contributed by atoms with Crippen molar-refractivity contribution < 1.29 is 4.74 Å². The molecule has 0 amide bonds. The van der Waals surface area contributed by atoms with E-state index in [9.17, 15) is 0 Å². The Labute approximate surface area is 178 Å². The second-order valence-corrected chi connectivity index (χ2v) is 8.65. The van der Waals surface area contributed by atoms with Crippen LogP contribution in [0.25, 0.3) is 11.0 Å². The Hall–Kier alpha value is -2.04. The first kappa shape index (κ1) is 20.2. The van der Waals surface area contributed by atoms with Gasteiger partial charge in [0.15, 0.2) is 0 Å². The molecule has 0 radical (unpaired) electrons. The lowest BCUT2D eigenvalue weighted by molar-refractivity contribution is 0.297. The van der Waals surface area contributed by atoms with E-state index in [0.717, 1.165) is 34.9 Å². The summed E-state index contributed by atoms with van der Waals surface area (Å²) in [5.74, 6) is 2.49. The minimum Gasteiger partial charge on any atom is -0.486 e. The molecule has 1 aromatic heterocycles. The zero-order chi connectivity index (χ0) is 20.2. The van der Waals surface area contributed by atoms with Crippen LogP contribution in [0.4, 0.5) is 0 Å². The molecule has 3 aromatic rings. The number of aromatic nitrogens is 2. The summed E-state index contributed by atoms with van der Waals surface area (Å²) in [4.78, 5) is 8.24. The smallest absolute Gasteiger partial charge is 0.146 e. The quantitative estimate of drug-likeness (QED) is 0.521. The number of nitrogens with zero attached hydrogens (tertiary/aromatic N) is 1. The van der Waals surface area contributed by atoms with Crippen LogP contribution in [0, 0.1) is 19.8 Å². The first-order valence-corrected chi connectivity index (χ1v) is 11.0. The third-order valence-electron chi connectivity index (χ3n) is 6.15. The Kier molecular flexibility index (Phi) is 6.41. The van der Waals surface area contributed by atoms with Crippen molar-refractivity contribution in [1.29, 1.82) is 0 Å². The van der Waals surface area contributed by atoms with Gasteiger partial charge in [0.25, 0.3) is 0 Å². The molecule has 1 aliphatic rings. The number of ether oxygens (including phenoxy) is 1. The zero-order valence-corrected chi connectivity index (χ0v) is 18.1. The lowest BCUT2D eigenvalue weighted by Gasteiger charge is -2.22. The van der Waals surface area contributed by atoms with Gasteiger partial charge in [0.1, 0.15) is 18.2 Å². The highest BCUT2D eigenvalue weighted by molar-refractivity contribution is 6.30. The van der Waals surface area contributed by atoms with Crippen LogP contribution in [0.15, 0.2) is 30.3 Å². The van der Waals surface area contributed by atoms with Crippen molar-refractivity contribution >= 4 is 22.6 Å². The number of rotatable bonds is 7. The van der Waals surface area contributed by atoms with Crippen LogP contribution >= 0.6 is 11.6 Å².